The third-order valence-corrected chi connectivity index (χ3v) is 3.01. The van der Waals surface area contributed by atoms with E-state index in [1.54, 1.807) is 25.3 Å². The lowest BCUT2D eigenvalue weighted by molar-refractivity contribution is -0.141. The number of carboxylic acid groups (broad SMARTS) is 1. The Labute approximate surface area is 99.1 Å². The summed E-state index contributed by atoms with van der Waals surface area (Å²) in [5.41, 5.74) is 1.12. The second-order valence-corrected chi connectivity index (χ2v) is 4.16. The van der Waals surface area contributed by atoms with Crippen molar-refractivity contribution in [2.45, 2.75) is 25.8 Å². The lowest BCUT2D eigenvalue weighted by Crippen LogP contribution is -2.41. The molecule has 5 heteroatoms. The molecule has 0 bridgehead atoms. The van der Waals surface area contributed by atoms with Gasteiger partial charge in [-0.25, -0.2) is 4.79 Å². The van der Waals surface area contributed by atoms with Crippen LogP contribution < -0.4 is 0 Å². The fourth-order valence-electron chi connectivity index (χ4n) is 2.11. The Morgan fingerprint density at radius 1 is 1.53 bits per heavy atom. The summed E-state index contributed by atoms with van der Waals surface area (Å²) in [6.45, 7) is 2.29. The van der Waals surface area contributed by atoms with Crippen molar-refractivity contribution in [2.75, 3.05) is 6.54 Å². The van der Waals surface area contributed by atoms with Crippen molar-refractivity contribution < 1.29 is 14.7 Å². The van der Waals surface area contributed by atoms with Gasteiger partial charge in [-0.15, -0.1) is 0 Å². The molecule has 0 radical (unpaired) electrons. The minimum absolute atomic E-state index is 0.284. The number of hydrogen-bond donors (Lipinski definition) is 1. The highest BCUT2D eigenvalue weighted by atomic mass is 16.4. The number of aromatic nitrogens is 1. The molecule has 2 heterocycles. The molecule has 1 aliphatic rings. The van der Waals surface area contributed by atoms with E-state index >= 15 is 0 Å². The Kier molecular flexibility index (Phi) is 3.08. The highest BCUT2D eigenvalue weighted by Crippen LogP contribution is 2.20. The first-order chi connectivity index (χ1) is 8.11. The van der Waals surface area contributed by atoms with E-state index < -0.39 is 12.0 Å². The van der Waals surface area contributed by atoms with Crippen molar-refractivity contribution in [1.82, 2.24) is 9.88 Å². The molecule has 2 rings (SSSR count). The number of hydrogen-bond acceptors (Lipinski definition) is 3. The van der Waals surface area contributed by atoms with Crippen LogP contribution in [0.5, 0.6) is 0 Å². The molecule has 1 atom stereocenters. The van der Waals surface area contributed by atoms with Crippen molar-refractivity contribution in [3.05, 3.63) is 29.6 Å². The summed E-state index contributed by atoms with van der Waals surface area (Å²) in [5.74, 6) is -1.22. The third kappa shape index (κ3) is 2.13. The lowest BCUT2D eigenvalue weighted by atomic mass is 10.2. The smallest absolute Gasteiger partial charge is 0.326 e. The molecule has 90 valence electrons. The average Bonchev–Trinajstić information content (AvgIpc) is 2.77. The van der Waals surface area contributed by atoms with Crippen LogP contribution in [-0.2, 0) is 4.79 Å². The van der Waals surface area contributed by atoms with Crippen LogP contribution in [0, 0.1) is 6.92 Å². The highest BCUT2D eigenvalue weighted by Gasteiger charge is 2.35. The molecular weight excluding hydrogens is 220 g/mol. The number of amides is 1. The quantitative estimate of drug-likeness (QED) is 0.831. The first-order valence-electron chi connectivity index (χ1n) is 5.56. The maximum absolute atomic E-state index is 12.2. The monoisotopic (exact) mass is 234 g/mol. The number of carboxylic acids is 1. The van der Waals surface area contributed by atoms with Gasteiger partial charge in [-0.2, -0.15) is 0 Å². The van der Waals surface area contributed by atoms with E-state index in [4.69, 9.17) is 5.11 Å². The normalized spacial score (nSPS) is 19.4. The van der Waals surface area contributed by atoms with Crippen LogP contribution in [0.3, 0.4) is 0 Å². The number of aryl methyl sites for hydroxylation is 1. The predicted octanol–water partition coefficient (Wildman–Crippen LogP) is 1.08. The van der Waals surface area contributed by atoms with Gasteiger partial charge < -0.3 is 10.0 Å². The van der Waals surface area contributed by atoms with Gasteiger partial charge in [-0.05, 0) is 31.4 Å². The van der Waals surface area contributed by atoms with E-state index in [2.05, 4.69) is 4.98 Å². The van der Waals surface area contributed by atoms with Gasteiger partial charge >= 0.3 is 5.97 Å². The zero-order valence-electron chi connectivity index (χ0n) is 9.59. The van der Waals surface area contributed by atoms with Gasteiger partial charge in [-0.3, -0.25) is 9.78 Å². The zero-order chi connectivity index (χ0) is 12.4. The van der Waals surface area contributed by atoms with Gasteiger partial charge in [0.05, 0.1) is 0 Å². The van der Waals surface area contributed by atoms with Crippen molar-refractivity contribution in [2.24, 2.45) is 0 Å². The van der Waals surface area contributed by atoms with Gasteiger partial charge in [0.25, 0.3) is 5.91 Å². The van der Waals surface area contributed by atoms with Gasteiger partial charge in [0.15, 0.2) is 0 Å². The minimum atomic E-state index is -0.940. The summed E-state index contributed by atoms with van der Waals surface area (Å²) in [6.07, 6.45) is 2.80. The first-order valence-corrected chi connectivity index (χ1v) is 5.56. The second kappa shape index (κ2) is 4.53. The van der Waals surface area contributed by atoms with Crippen molar-refractivity contribution in [3.63, 3.8) is 0 Å². The molecule has 1 aliphatic heterocycles. The van der Waals surface area contributed by atoms with E-state index in [1.807, 2.05) is 0 Å². The number of carbonyl (C=O) groups excluding carboxylic acids is 1. The molecule has 1 saturated heterocycles. The maximum atomic E-state index is 12.2. The Balaban J connectivity index is 2.26. The summed E-state index contributed by atoms with van der Waals surface area (Å²) in [4.78, 5) is 28.6. The van der Waals surface area contributed by atoms with Gasteiger partial charge in [0.2, 0.25) is 0 Å². The average molecular weight is 234 g/mol. The molecular formula is C12H14N2O3. The summed E-state index contributed by atoms with van der Waals surface area (Å²) in [6, 6.07) is 2.85. The van der Waals surface area contributed by atoms with Crippen molar-refractivity contribution >= 4 is 11.9 Å². The molecule has 17 heavy (non-hydrogen) atoms. The topological polar surface area (TPSA) is 70.5 Å². The van der Waals surface area contributed by atoms with E-state index in [-0.39, 0.29) is 5.91 Å². The second-order valence-electron chi connectivity index (χ2n) is 4.16. The van der Waals surface area contributed by atoms with E-state index in [0.29, 0.717) is 18.7 Å². The van der Waals surface area contributed by atoms with Crippen LogP contribution in [0.25, 0.3) is 0 Å². The van der Waals surface area contributed by atoms with Crippen LogP contribution in [-0.4, -0.2) is 39.5 Å². The van der Waals surface area contributed by atoms with Gasteiger partial charge in [0, 0.05) is 12.7 Å². The first kappa shape index (κ1) is 11.6. The molecule has 1 aromatic rings. The van der Waals surface area contributed by atoms with Gasteiger partial charge in [-0.1, -0.05) is 6.07 Å². The Bertz CT molecular complexity index is 459. The standard InChI is InChI=1S/C12H14N2O3/c1-8-4-2-6-13-10(8)11(15)14-7-3-5-9(14)12(16)17/h2,4,6,9H,3,5,7H2,1H3,(H,16,17)/t9-/m0/s1. The number of aliphatic carboxylic acids is 1. The SMILES string of the molecule is Cc1cccnc1C(=O)N1CCC[C@H]1C(=O)O. The molecule has 0 saturated carbocycles. The molecule has 5 nitrogen and oxygen atoms in total. The molecule has 0 unspecified atom stereocenters. The number of nitrogens with zero attached hydrogens (tertiary/aromatic N) is 2. The van der Waals surface area contributed by atoms with Crippen LogP contribution >= 0.6 is 0 Å². The summed E-state index contributed by atoms with van der Waals surface area (Å²) < 4.78 is 0. The summed E-state index contributed by atoms with van der Waals surface area (Å²) in [7, 11) is 0. The summed E-state index contributed by atoms with van der Waals surface area (Å²) >= 11 is 0. The van der Waals surface area contributed by atoms with Crippen LogP contribution in [0.1, 0.15) is 28.9 Å². The predicted molar refractivity (Wildman–Crippen MR) is 60.7 cm³/mol. The Morgan fingerprint density at radius 2 is 2.29 bits per heavy atom. The lowest BCUT2D eigenvalue weighted by Gasteiger charge is -2.21. The Morgan fingerprint density at radius 3 is 2.94 bits per heavy atom. The summed E-state index contributed by atoms with van der Waals surface area (Å²) in [5, 5.41) is 9.03. The molecule has 0 aliphatic carbocycles. The maximum Gasteiger partial charge on any atom is 0.326 e. The highest BCUT2D eigenvalue weighted by molar-refractivity contribution is 5.96. The number of carbonyl (C=O) groups is 2. The number of likely N-dealkylation sites (tertiary alicyclic amines) is 1. The largest absolute Gasteiger partial charge is 0.480 e. The molecule has 1 fully saturated rings. The third-order valence-electron chi connectivity index (χ3n) is 3.01. The van der Waals surface area contributed by atoms with Crippen molar-refractivity contribution in [1.29, 1.82) is 0 Å². The number of rotatable bonds is 2. The molecule has 1 N–H and O–H groups in total. The van der Waals surface area contributed by atoms with Crippen LogP contribution in [0.15, 0.2) is 18.3 Å². The minimum Gasteiger partial charge on any atom is -0.480 e. The molecule has 0 spiro atoms. The Hall–Kier alpha value is -1.91. The fraction of sp³-hybridized carbons (Fsp3) is 0.417. The van der Waals surface area contributed by atoms with E-state index in [9.17, 15) is 9.59 Å². The number of pyridine rings is 1. The van der Waals surface area contributed by atoms with Crippen LogP contribution in [0.2, 0.25) is 0 Å². The van der Waals surface area contributed by atoms with E-state index in [0.717, 1.165) is 12.0 Å². The molecule has 0 aromatic carbocycles. The molecule has 1 aromatic heterocycles. The van der Waals surface area contributed by atoms with Gasteiger partial charge in [0.1, 0.15) is 11.7 Å². The van der Waals surface area contributed by atoms with Crippen LogP contribution in [0.4, 0.5) is 0 Å². The van der Waals surface area contributed by atoms with E-state index in [1.165, 1.54) is 4.90 Å². The molecule has 1 amide bonds. The fourth-order valence-corrected chi connectivity index (χ4v) is 2.11. The van der Waals surface area contributed by atoms with Crippen molar-refractivity contribution in [3.8, 4) is 0 Å². The zero-order valence-corrected chi connectivity index (χ0v) is 9.59.